The van der Waals surface area contributed by atoms with E-state index in [1.54, 1.807) is 12.4 Å². The molecular weight excluding hydrogens is 296 g/mol. The van der Waals surface area contributed by atoms with Gasteiger partial charge in [-0.1, -0.05) is 0 Å². The molecule has 0 saturated heterocycles. The van der Waals surface area contributed by atoms with Crippen LogP contribution in [0.1, 0.15) is 17.1 Å². The number of hydrogen-bond donors (Lipinski definition) is 1. The molecule has 1 N–H and O–H groups in total. The van der Waals surface area contributed by atoms with E-state index in [0.717, 1.165) is 33.9 Å². The van der Waals surface area contributed by atoms with Gasteiger partial charge in [-0.3, -0.25) is 4.98 Å². The molecule has 2 aromatic rings. The molecule has 5 heteroatoms. The van der Waals surface area contributed by atoms with Gasteiger partial charge in [-0.25, -0.2) is 0 Å². The van der Waals surface area contributed by atoms with Crippen molar-refractivity contribution in [3.8, 4) is 5.75 Å². The normalized spacial score (nSPS) is 10.6. The summed E-state index contributed by atoms with van der Waals surface area (Å²) in [5.74, 6) is 2.55. The highest BCUT2D eigenvalue weighted by Crippen LogP contribution is 2.20. The zero-order chi connectivity index (χ0) is 13.0. The third kappa shape index (κ3) is 3.34. The number of aromatic nitrogens is 1. The fraction of sp³-hybridized carbons (Fsp3) is 0.308. The van der Waals surface area contributed by atoms with E-state index in [2.05, 4.69) is 26.2 Å². The summed E-state index contributed by atoms with van der Waals surface area (Å²) in [6.45, 7) is 3.15. The van der Waals surface area contributed by atoms with Gasteiger partial charge in [-0.05, 0) is 42.0 Å². The molecule has 0 radical (unpaired) electrons. The Bertz CT molecular complexity index is 525. The number of nitrogens with zero attached hydrogens (tertiary/aromatic N) is 1. The van der Waals surface area contributed by atoms with Gasteiger partial charge in [0, 0.05) is 16.2 Å². The average Bonchev–Trinajstić information content (AvgIpc) is 2.68. The largest absolute Gasteiger partial charge is 0.487 e. The molecule has 0 aliphatic carbocycles. The summed E-state index contributed by atoms with van der Waals surface area (Å²) >= 11 is 3.36. The first-order valence-electron chi connectivity index (χ1n) is 5.65. The first kappa shape index (κ1) is 13.1. The highest BCUT2D eigenvalue weighted by Gasteiger charge is 2.07. The van der Waals surface area contributed by atoms with Crippen molar-refractivity contribution in [3.05, 3.63) is 46.1 Å². The van der Waals surface area contributed by atoms with Gasteiger partial charge in [0.2, 0.25) is 0 Å². The number of furan rings is 1. The quantitative estimate of drug-likeness (QED) is 0.922. The molecule has 0 bridgehead atoms. The Labute approximate surface area is 114 Å². The lowest BCUT2D eigenvalue weighted by molar-refractivity contribution is 0.301. The number of ether oxygens (including phenoxy) is 1. The summed E-state index contributed by atoms with van der Waals surface area (Å²) in [7, 11) is 1.89. The maximum atomic E-state index is 5.67. The molecule has 0 aliphatic rings. The lowest BCUT2D eigenvalue weighted by atomic mass is 10.2. The highest BCUT2D eigenvalue weighted by molar-refractivity contribution is 9.10. The fourth-order valence-electron chi connectivity index (χ4n) is 1.62. The molecule has 0 spiro atoms. The van der Waals surface area contributed by atoms with Crippen molar-refractivity contribution in [1.29, 1.82) is 0 Å². The summed E-state index contributed by atoms with van der Waals surface area (Å²) in [4.78, 5) is 4.05. The van der Waals surface area contributed by atoms with Gasteiger partial charge in [0.05, 0.1) is 12.7 Å². The summed E-state index contributed by atoms with van der Waals surface area (Å²) in [5.41, 5.74) is 1.06. The molecule has 0 amide bonds. The molecule has 18 heavy (non-hydrogen) atoms. The van der Waals surface area contributed by atoms with Crippen LogP contribution >= 0.6 is 15.9 Å². The first-order chi connectivity index (χ1) is 8.69. The maximum Gasteiger partial charge on any atom is 0.139 e. The summed E-state index contributed by atoms with van der Waals surface area (Å²) < 4.78 is 12.2. The molecule has 0 aliphatic heterocycles. The van der Waals surface area contributed by atoms with Crippen LogP contribution in [0.3, 0.4) is 0 Å². The van der Waals surface area contributed by atoms with Gasteiger partial charge < -0.3 is 14.5 Å². The van der Waals surface area contributed by atoms with Crippen molar-refractivity contribution >= 4 is 15.9 Å². The third-order valence-corrected chi connectivity index (χ3v) is 2.93. The zero-order valence-electron chi connectivity index (χ0n) is 10.4. The van der Waals surface area contributed by atoms with E-state index >= 15 is 0 Å². The van der Waals surface area contributed by atoms with Crippen LogP contribution in [0.15, 0.2) is 33.4 Å². The van der Waals surface area contributed by atoms with Crippen LogP contribution in [0.2, 0.25) is 0 Å². The number of halogens is 1. The molecule has 2 rings (SSSR count). The first-order valence-corrected chi connectivity index (χ1v) is 6.44. The van der Waals surface area contributed by atoms with E-state index < -0.39 is 0 Å². The Morgan fingerprint density at radius 3 is 2.94 bits per heavy atom. The number of nitrogens with one attached hydrogen (secondary N) is 1. The molecule has 2 heterocycles. The fourth-order valence-corrected chi connectivity index (χ4v) is 1.97. The van der Waals surface area contributed by atoms with Crippen LogP contribution < -0.4 is 10.1 Å². The second kappa shape index (κ2) is 6.02. The number of rotatable bonds is 5. The maximum absolute atomic E-state index is 5.67. The molecule has 0 atom stereocenters. The molecule has 96 valence electrons. The Kier molecular flexibility index (Phi) is 4.38. The lowest BCUT2D eigenvalue weighted by Gasteiger charge is -2.04. The van der Waals surface area contributed by atoms with Crippen LogP contribution in [0, 0.1) is 6.92 Å². The standard InChI is InChI=1S/C13H15BrN2O2/c1-9-10(3-13(18-9)6-15-2)8-17-12-4-11(14)5-16-7-12/h3-5,7,15H,6,8H2,1-2H3. The minimum Gasteiger partial charge on any atom is -0.487 e. The van der Waals surface area contributed by atoms with Crippen LogP contribution in [0.25, 0.3) is 0 Å². The average molecular weight is 311 g/mol. The number of pyridine rings is 1. The van der Waals surface area contributed by atoms with Crippen molar-refractivity contribution in [2.45, 2.75) is 20.1 Å². The van der Waals surface area contributed by atoms with Gasteiger partial charge in [-0.2, -0.15) is 0 Å². The van der Waals surface area contributed by atoms with E-state index in [9.17, 15) is 0 Å². The van der Waals surface area contributed by atoms with Crippen LogP contribution in [0.4, 0.5) is 0 Å². The van der Waals surface area contributed by atoms with Gasteiger partial charge in [-0.15, -0.1) is 0 Å². The monoisotopic (exact) mass is 310 g/mol. The van der Waals surface area contributed by atoms with Crippen molar-refractivity contribution in [2.24, 2.45) is 0 Å². The minimum atomic E-state index is 0.483. The van der Waals surface area contributed by atoms with Crippen molar-refractivity contribution < 1.29 is 9.15 Å². The van der Waals surface area contributed by atoms with Crippen molar-refractivity contribution in [3.63, 3.8) is 0 Å². The molecule has 0 fully saturated rings. The lowest BCUT2D eigenvalue weighted by Crippen LogP contribution is -2.03. The third-order valence-electron chi connectivity index (χ3n) is 2.50. The summed E-state index contributed by atoms with van der Waals surface area (Å²) in [5, 5.41) is 3.06. The molecule has 0 aromatic carbocycles. The number of aryl methyl sites for hydroxylation is 1. The van der Waals surface area contributed by atoms with Crippen molar-refractivity contribution in [1.82, 2.24) is 10.3 Å². The van der Waals surface area contributed by atoms with E-state index in [-0.39, 0.29) is 0 Å². The molecule has 2 aromatic heterocycles. The van der Waals surface area contributed by atoms with Gasteiger partial charge in [0.15, 0.2) is 0 Å². The highest BCUT2D eigenvalue weighted by atomic mass is 79.9. The topological polar surface area (TPSA) is 47.3 Å². The number of hydrogen-bond acceptors (Lipinski definition) is 4. The van der Waals surface area contributed by atoms with Crippen LogP contribution in [-0.2, 0) is 13.2 Å². The smallest absolute Gasteiger partial charge is 0.139 e. The van der Waals surface area contributed by atoms with Crippen LogP contribution in [-0.4, -0.2) is 12.0 Å². The Hall–Kier alpha value is -1.33. The summed E-state index contributed by atoms with van der Waals surface area (Å²) in [6, 6.07) is 3.90. The van der Waals surface area contributed by atoms with Gasteiger partial charge >= 0.3 is 0 Å². The predicted molar refractivity (Wildman–Crippen MR) is 72.5 cm³/mol. The van der Waals surface area contributed by atoms with Gasteiger partial charge in [0.1, 0.15) is 23.9 Å². The van der Waals surface area contributed by atoms with Crippen molar-refractivity contribution in [2.75, 3.05) is 7.05 Å². The van der Waals surface area contributed by atoms with E-state index in [4.69, 9.17) is 9.15 Å². The predicted octanol–water partition coefficient (Wildman–Crippen LogP) is 3.04. The summed E-state index contributed by atoms with van der Waals surface area (Å²) in [6.07, 6.45) is 3.41. The molecule has 4 nitrogen and oxygen atoms in total. The zero-order valence-corrected chi connectivity index (χ0v) is 12.0. The second-order valence-electron chi connectivity index (χ2n) is 3.95. The SMILES string of the molecule is CNCc1cc(COc2cncc(Br)c2)c(C)o1. The van der Waals surface area contributed by atoms with E-state index in [1.807, 2.05) is 26.1 Å². The van der Waals surface area contributed by atoms with E-state index in [1.165, 1.54) is 0 Å². The second-order valence-corrected chi connectivity index (χ2v) is 4.87. The molecule has 0 unspecified atom stereocenters. The van der Waals surface area contributed by atoms with Gasteiger partial charge in [0.25, 0.3) is 0 Å². The Balaban J connectivity index is 2.01. The van der Waals surface area contributed by atoms with Crippen LogP contribution in [0.5, 0.6) is 5.75 Å². The van der Waals surface area contributed by atoms with E-state index in [0.29, 0.717) is 6.61 Å². The molecular formula is C13H15BrN2O2. The molecule has 0 saturated carbocycles. The Morgan fingerprint density at radius 2 is 2.22 bits per heavy atom. The minimum absolute atomic E-state index is 0.483. The Morgan fingerprint density at radius 1 is 1.39 bits per heavy atom.